The average molecular weight is 375 g/mol. The van der Waals surface area contributed by atoms with E-state index in [2.05, 4.69) is 36.4 Å². The van der Waals surface area contributed by atoms with Gasteiger partial charge in [0.05, 0.1) is 0 Å². The summed E-state index contributed by atoms with van der Waals surface area (Å²) >= 11 is 1.39. The van der Waals surface area contributed by atoms with Crippen LogP contribution >= 0.6 is 11.3 Å². The summed E-state index contributed by atoms with van der Waals surface area (Å²) in [6.45, 7) is 10.8. The summed E-state index contributed by atoms with van der Waals surface area (Å²) in [6, 6.07) is 5.60. The number of nitrogens with zero attached hydrogens (tertiary/aromatic N) is 1. The predicted molar refractivity (Wildman–Crippen MR) is 104 cm³/mol. The lowest BCUT2D eigenvalue weighted by Gasteiger charge is -2.33. The number of amides is 1. The molecule has 1 amide bonds. The molecule has 7 heteroatoms. The first-order valence-electron chi connectivity index (χ1n) is 8.56. The first-order chi connectivity index (χ1) is 12.1. The molecule has 140 valence electrons. The fraction of sp³-hybridized carbons (Fsp3) is 0.474. The van der Waals surface area contributed by atoms with E-state index in [-0.39, 0.29) is 23.7 Å². The van der Waals surface area contributed by atoms with Crippen LogP contribution in [0, 0.1) is 5.41 Å². The SMILES string of the molecule is CC(C)(C)CC(C)(C)NC(=O)c1csc(Nc2ccc3c(c2)OCO3)n1. The van der Waals surface area contributed by atoms with Crippen molar-refractivity contribution in [2.75, 3.05) is 12.1 Å². The smallest absolute Gasteiger partial charge is 0.271 e. The summed E-state index contributed by atoms with van der Waals surface area (Å²) < 4.78 is 10.7. The normalized spacial score (nSPS) is 13.6. The Balaban J connectivity index is 1.65. The van der Waals surface area contributed by atoms with Crippen LogP contribution in [0.25, 0.3) is 0 Å². The third-order valence-corrected chi connectivity index (χ3v) is 4.54. The van der Waals surface area contributed by atoms with Gasteiger partial charge in [-0.15, -0.1) is 11.3 Å². The second-order valence-corrected chi connectivity index (χ2v) is 9.16. The number of benzene rings is 1. The van der Waals surface area contributed by atoms with E-state index in [1.165, 1.54) is 11.3 Å². The molecule has 2 aromatic rings. The molecule has 26 heavy (non-hydrogen) atoms. The van der Waals surface area contributed by atoms with Gasteiger partial charge in [-0.3, -0.25) is 4.79 Å². The molecule has 0 unspecified atom stereocenters. The summed E-state index contributed by atoms with van der Waals surface area (Å²) in [4.78, 5) is 16.9. The van der Waals surface area contributed by atoms with Crippen molar-refractivity contribution >= 4 is 28.1 Å². The first kappa shape index (κ1) is 18.5. The van der Waals surface area contributed by atoms with Gasteiger partial charge < -0.3 is 20.1 Å². The summed E-state index contributed by atoms with van der Waals surface area (Å²) in [5.41, 5.74) is 1.08. The predicted octanol–water partition coefficient (Wildman–Crippen LogP) is 4.56. The van der Waals surface area contributed by atoms with E-state index in [1.807, 2.05) is 32.0 Å². The molecule has 6 nitrogen and oxygen atoms in total. The summed E-state index contributed by atoms with van der Waals surface area (Å²) in [6.07, 6.45) is 0.873. The van der Waals surface area contributed by atoms with Gasteiger partial charge in [0.15, 0.2) is 16.6 Å². The Morgan fingerprint density at radius 3 is 2.65 bits per heavy atom. The van der Waals surface area contributed by atoms with Gasteiger partial charge >= 0.3 is 0 Å². The third-order valence-electron chi connectivity index (χ3n) is 3.78. The second-order valence-electron chi connectivity index (χ2n) is 8.31. The van der Waals surface area contributed by atoms with Crippen LogP contribution < -0.4 is 20.1 Å². The highest BCUT2D eigenvalue weighted by molar-refractivity contribution is 7.14. The monoisotopic (exact) mass is 375 g/mol. The standard InChI is InChI=1S/C19H25N3O3S/c1-18(2,3)10-19(4,5)22-16(23)13-9-26-17(21-13)20-12-6-7-14-15(8-12)25-11-24-14/h6-9H,10-11H2,1-5H3,(H,20,21)(H,22,23). The average Bonchev–Trinajstić information content (AvgIpc) is 3.12. The molecule has 0 saturated heterocycles. The number of anilines is 2. The van der Waals surface area contributed by atoms with Crippen LogP contribution in [0.2, 0.25) is 0 Å². The highest BCUT2D eigenvalue weighted by Gasteiger charge is 2.28. The number of hydrogen-bond acceptors (Lipinski definition) is 6. The summed E-state index contributed by atoms with van der Waals surface area (Å²) in [5, 5.41) is 8.70. The molecule has 3 rings (SSSR count). The number of hydrogen-bond donors (Lipinski definition) is 2. The molecule has 0 radical (unpaired) electrons. The number of thiazole rings is 1. The number of ether oxygens (including phenoxy) is 2. The van der Waals surface area contributed by atoms with Crippen LogP contribution in [0.3, 0.4) is 0 Å². The lowest BCUT2D eigenvalue weighted by Crippen LogP contribution is -2.45. The minimum absolute atomic E-state index is 0.130. The molecule has 2 N–H and O–H groups in total. The zero-order valence-corrected chi connectivity index (χ0v) is 16.6. The molecule has 0 spiro atoms. The van der Waals surface area contributed by atoms with Gasteiger partial charge in [0, 0.05) is 22.7 Å². The number of nitrogens with one attached hydrogen (secondary N) is 2. The highest BCUT2D eigenvalue weighted by Crippen LogP contribution is 2.35. The number of aromatic nitrogens is 1. The van der Waals surface area contributed by atoms with E-state index in [0.29, 0.717) is 16.6 Å². The van der Waals surface area contributed by atoms with Crippen molar-refractivity contribution in [1.82, 2.24) is 10.3 Å². The van der Waals surface area contributed by atoms with Gasteiger partial charge in [-0.2, -0.15) is 0 Å². The van der Waals surface area contributed by atoms with E-state index in [0.717, 1.165) is 17.9 Å². The fourth-order valence-electron chi connectivity index (χ4n) is 3.27. The van der Waals surface area contributed by atoms with Crippen LogP contribution in [-0.4, -0.2) is 23.2 Å². The van der Waals surface area contributed by atoms with Crippen LogP contribution in [0.5, 0.6) is 11.5 Å². The second kappa shape index (κ2) is 6.79. The quantitative estimate of drug-likeness (QED) is 0.801. The van der Waals surface area contributed by atoms with Crippen molar-refractivity contribution in [2.45, 2.75) is 46.6 Å². The maximum absolute atomic E-state index is 12.5. The van der Waals surface area contributed by atoms with Crippen LogP contribution in [0.4, 0.5) is 10.8 Å². The van der Waals surface area contributed by atoms with Gasteiger partial charge in [-0.1, -0.05) is 20.8 Å². The molecular formula is C19H25N3O3S. The van der Waals surface area contributed by atoms with Crippen molar-refractivity contribution in [3.05, 3.63) is 29.3 Å². The first-order valence-corrected chi connectivity index (χ1v) is 9.44. The van der Waals surface area contributed by atoms with Crippen molar-refractivity contribution in [3.8, 4) is 11.5 Å². The molecule has 2 heterocycles. The van der Waals surface area contributed by atoms with Crippen LogP contribution in [0.1, 0.15) is 51.5 Å². The van der Waals surface area contributed by atoms with Crippen LogP contribution in [-0.2, 0) is 0 Å². The Morgan fingerprint density at radius 1 is 1.19 bits per heavy atom. The molecule has 1 aliphatic heterocycles. The summed E-state index contributed by atoms with van der Waals surface area (Å²) in [5.74, 6) is 1.28. The maximum Gasteiger partial charge on any atom is 0.271 e. The molecule has 1 aromatic heterocycles. The minimum atomic E-state index is -0.302. The van der Waals surface area contributed by atoms with Crippen LogP contribution in [0.15, 0.2) is 23.6 Å². The van der Waals surface area contributed by atoms with Crippen molar-refractivity contribution in [2.24, 2.45) is 5.41 Å². The van der Waals surface area contributed by atoms with E-state index in [9.17, 15) is 4.79 Å². The molecule has 1 aromatic carbocycles. The number of fused-ring (bicyclic) bond motifs is 1. The Kier molecular flexibility index (Phi) is 4.84. The van der Waals surface area contributed by atoms with Gasteiger partial charge in [0.2, 0.25) is 6.79 Å². The molecule has 0 aliphatic carbocycles. The van der Waals surface area contributed by atoms with Crippen molar-refractivity contribution < 1.29 is 14.3 Å². The topological polar surface area (TPSA) is 72.5 Å². The number of carbonyl (C=O) groups is 1. The zero-order valence-electron chi connectivity index (χ0n) is 15.8. The fourth-order valence-corrected chi connectivity index (χ4v) is 3.99. The van der Waals surface area contributed by atoms with E-state index in [4.69, 9.17) is 9.47 Å². The number of carbonyl (C=O) groups excluding carboxylic acids is 1. The maximum atomic E-state index is 12.5. The largest absolute Gasteiger partial charge is 0.454 e. The molecule has 0 fully saturated rings. The Bertz CT molecular complexity index is 809. The van der Waals surface area contributed by atoms with Crippen molar-refractivity contribution in [3.63, 3.8) is 0 Å². The van der Waals surface area contributed by atoms with Gasteiger partial charge in [0.1, 0.15) is 5.69 Å². The lowest BCUT2D eigenvalue weighted by molar-refractivity contribution is 0.0887. The van der Waals surface area contributed by atoms with Gasteiger partial charge in [0.25, 0.3) is 5.91 Å². The molecule has 1 aliphatic rings. The van der Waals surface area contributed by atoms with Gasteiger partial charge in [-0.25, -0.2) is 4.98 Å². The lowest BCUT2D eigenvalue weighted by atomic mass is 9.82. The third kappa shape index (κ3) is 4.66. The Hall–Kier alpha value is -2.28. The minimum Gasteiger partial charge on any atom is -0.454 e. The van der Waals surface area contributed by atoms with E-state index >= 15 is 0 Å². The highest BCUT2D eigenvalue weighted by atomic mass is 32.1. The number of rotatable bonds is 5. The van der Waals surface area contributed by atoms with Crippen molar-refractivity contribution in [1.29, 1.82) is 0 Å². The summed E-state index contributed by atoms with van der Waals surface area (Å²) in [7, 11) is 0. The molecular weight excluding hydrogens is 350 g/mol. The Morgan fingerprint density at radius 2 is 1.92 bits per heavy atom. The molecule has 0 saturated carbocycles. The van der Waals surface area contributed by atoms with Gasteiger partial charge in [-0.05, 0) is 37.8 Å². The van der Waals surface area contributed by atoms with E-state index in [1.54, 1.807) is 5.38 Å². The molecule has 0 atom stereocenters. The zero-order chi connectivity index (χ0) is 18.9. The van der Waals surface area contributed by atoms with E-state index < -0.39 is 0 Å². The Labute approximate surface area is 157 Å². The molecule has 0 bridgehead atoms.